The molecule has 188 valence electrons. The van der Waals surface area contributed by atoms with Gasteiger partial charge in [-0.3, -0.25) is 4.79 Å². The van der Waals surface area contributed by atoms with E-state index in [2.05, 4.69) is 9.71 Å². The number of H-pyrrole nitrogens is 1. The van der Waals surface area contributed by atoms with Crippen molar-refractivity contribution in [2.24, 2.45) is 0 Å². The summed E-state index contributed by atoms with van der Waals surface area (Å²) in [6.07, 6.45) is 1.45. The van der Waals surface area contributed by atoms with Crippen molar-refractivity contribution in [3.63, 3.8) is 0 Å². The van der Waals surface area contributed by atoms with E-state index in [0.29, 0.717) is 10.9 Å². The molecule has 0 radical (unpaired) electrons. The van der Waals surface area contributed by atoms with Crippen LogP contribution >= 0.6 is 0 Å². The van der Waals surface area contributed by atoms with E-state index in [-0.39, 0.29) is 33.8 Å². The van der Waals surface area contributed by atoms with Crippen molar-refractivity contribution < 1.29 is 22.7 Å². The van der Waals surface area contributed by atoms with Gasteiger partial charge in [0.25, 0.3) is 5.56 Å². The van der Waals surface area contributed by atoms with Gasteiger partial charge < -0.3 is 14.7 Å². The molecule has 0 aliphatic rings. The first-order chi connectivity index (χ1) is 16.8. The number of hydrogen-bond donors (Lipinski definition) is 3. The molecule has 4 rings (SSSR count). The molecule has 2 heterocycles. The molecule has 0 saturated heterocycles. The maximum atomic E-state index is 14.9. The number of nitrogens with one attached hydrogen (secondary N) is 2. The number of fused-ring (bicyclic) bond motifs is 1. The number of hydrogen-bond acceptors (Lipinski definition) is 4. The average Bonchev–Trinajstić information content (AvgIpc) is 3.07. The Morgan fingerprint density at radius 2 is 1.86 bits per heavy atom. The standard InChI is InChI=1S/C26H26FN3O5S/c1-15-7-10-21-19(12-15)22(18-6-5-11-28-24(18)31)23(25(32)33)30(21)14-16-13-17(8-9-20(16)27)36(34,35)29-26(2,3)4/h5-13,29H,14H2,1-4H3,(H,28,31)(H,32,33). The van der Waals surface area contributed by atoms with Crippen LogP contribution in [0.1, 0.15) is 42.4 Å². The number of rotatable bonds is 6. The zero-order valence-corrected chi connectivity index (χ0v) is 21.0. The third kappa shape index (κ3) is 4.82. The number of halogens is 1. The molecule has 2 aromatic carbocycles. The predicted octanol–water partition coefficient (Wildman–Crippen LogP) is 4.27. The normalized spacial score (nSPS) is 12.2. The fourth-order valence-electron chi connectivity index (χ4n) is 4.22. The molecule has 8 nitrogen and oxygen atoms in total. The molecule has 36 heavy (non-hydrogen) atoms. The lowest BCUT2D eigenvalue weighted by Gasteiger charge is -2.20. The van der Waals surface area contributed by atoms with Gasteiger partial charge in [0.1, 0.15) is 11.5 Å². The number of carbonyl (C=O) groups is 1. The number of aromatic nitrogens is 2. The molecule has 0 atom stereocenters. The molecule has 0 amide bonds. The Bertz CT molecular complexity index is 1660. The summed E-state index contributed by atoms with van der Waals surface area (Å²) in [5, 5.41) is 10.7. The second kappa shape index (κ2) is 9.03. The van der Waals surface area contributed by atoms with Crippen LogP contribution in [0.3, 0.4) is 0 Å². The number of sulfonamides is 1. The highest BCUT2D eigenvalue weighted by molar-refractivity contribution is 7.89. The minimum Gasteiger partial charge on any atom is -0.477 e. The number of benzene rings is 2. The van der Waals surface area contributed by atoms with E-state index in [1.54, 1.807) is 45.0 Å². The van der Waals surface area contributed by atoms with Gasteiger partial charge in [0.15, 0.2) is 0 Å². The predicted molar refractivity (Wildman–Crippen MR) is 135 cm³/mol. The molecule has 0 aliphatic carbocycles. The van der Waals surface area contributed by atoms with Gasteiger partial charge in [0, 0.05) is 39.3 Å². The second-order valence-corrected chi connectivity index (χ2v) is 11.3. The average molecular weight is 512 g/mol. The van der Waals surface area contributed by atoms with Crippen LogP contribution in [-0.2, 0) is 16.6 Å². The summed E-state index contributed by atoms with van der Waals surface area (Å²) in [6, 6.07) is 11.8. The highest BCUT2D eigenvalue weighted by atomic mass is 32.2. The van der Waals surface area contributed by atoms with Crippen LogP contribution in [0.5, 0.6) is 0 Å². The summed E-state index contributed by atoms with van der Waals surface area (Å²) < 4.78 is 44.6. The maximum absolute atomic E-state index is 14.9. The molecule has 10 heteroatoms. The van der Waals surface area contributed by atoms with Gasteiger partial charge in [0.05, 0.1) is 11.4 Å². The minimum atomic E-state index is -3.96. The smallest absolute Gasteiger partial charge is 0.353 e. The topological polar surface area (TPSA) is 121 Å². The summed E-state index contributed by atoms with van der Waals surface area (Å²) in [6.45, 7) is 6.64. The van der Waals surface area contributed by atoms with Gasteiger partial charge in [0.2, 0.25) is 10.0 Å². The Labute approximate surface area is 207 Å². The van der Waals surface area contributed by atoms with Crippen LogP contribution in [0.15, 0.2) is 64.4 Å². The molecular formula is C26H26FN3O5S. The van der Waals surface area contributed by atoms with Crippen molar-refractivity contribution in [3.8, 4) is 11.1 Å². The number of aromatic carboxylic acids is 1. The van der Waals surface area contributed by atoms with E-state index in [1.165, 1.54) is 22.9 Å². The molecule has 0 unspecified atom stereocenters. The van der Waals surface area contributed by atoms with E-state index in [0.717, 1.165) is 17.7 Å². The van der Waals surface area contributed by atoms with Crippen LogP contribution < -0.4 is 10.3 Å². The van der Waals surface area contributed by atoms with Crippen molar-refractivity contribution in [2.45, 2.75) is 44.7 Å². The molecule has 0 spiro atoms. The largest absolute Gasteiger partial charge is 0.477 e. The number of nitrogens with zero attached hydrogens (tertiary/aromatic N) is 1. The Hall–Kier alpha value is -3.76. The summed E-state index contributed by atoms with van der Waals surface area (Å²) >= 11 is 0. The zero-order chi connectivity index (χ0) is 26.4. The fraction of sp³-hybridized carbons (Fsp3) is 0.231. The number of carboxylic acid groups (broad SMARTS) is 1. The first-order valence-corrected chi connectivity index (χ1v) is 12.6. The Morgan fingerprint density at radius 1 is 1.14 bits per heavy atom. The van der Waals surface area contributed by atoms with Crippen molar-refractivity contribution in [3.05, 3.63) is 87.7 Å². The third-order valence-corrected chi connectivity index (χ3v) is 7.36. The highest BCUT2D eigenvalue weighted by Gasteiger charge is 2.27. The lowest BCUT2D eigenvalue weighted by molar-refractivity contribution is 0.0687. The Balaban J connectivity index is 1.96. The van der Waals surface area contributed by atoms with Crippen molar-refractivity contribution in [2.75, 3.05) is 0 Å². The van der Waals surface area contributed by atoms with Gasteiger partial charge >= 0.3 is 5.97 Å². The molecule has 0 bridgehead atoms. The maximum Gasteiger partial charge on any atom is 0.353 e. The van der Waals surface area contributed by atoms with Crippen LogP contribution in [0.25, 0.3) is 22.0 Å². The summed E-state index contributed by atoms with van der Waals surface area (Å²) in [5.41, 5.74) is 0.253. The Morgan fingerprint density at radius 3 is 2.50 bits per heavy atom. The van der Waals surface area contributed by atoms with Crippen LogP contribution in [0, 0.1) is 12.7 Å². The summed E-state index contributed by atoms with van der Waals surface area (Å²) in [4.78, 5) is 27.6. The van der Waals surface area contributed by atoms with E-state index in [4.69, 9.17) is 0 Å². The molecular weight excluding hydrogens is 485 g/mol. The third-order valence-electron chi connectivity index (χ3n) is 5.61. The lowest BCUT2D eigenvalue weighted by Crippen LogP contribution is -2.40. The molecule has 2 aromatic heterocycles. The number of aryl methyl sites for hydroxylation is 1. The van der Waals surface area contributed by atoms with Crippen molar-refractivity contribution >= 4 is 26.9 Å². The fourth-order valence-corrected chi connectivity index (χ4v) is 5.69. The van der Waals surface area contributed by atoms with E-state index in [1.807, 2.05) is 6.92 Å². The monoisotopic (exact) mass is 511 g/mol. The van der Waals surface area contributed by atoms with Gasteiger partial charge in [-0.1, -0.05) is 11.6 Å². The molecule has 0 saturated carbocycles. The van der Waals surface area contributed by atoms with E-state index in [9.17, 15) is 27.5 Å². The van der Waals surface area contributed by atoms with Crippen LogP contribution in [0.2, 0.25) is 0 Å². The first-order valence-electron chi connectivity index (χ1n) is 11.1. The molecule has 0 aliphatic heterocycles. The van der Waals surface area contributed by atoms with Crippen molar-refractivity contribution in [1.82, 2.24) is 14.3 Å². The molecule has 3 N–H and O–H groups in total. The second-order valence-electron chi connectivity index (χ2n) is 9.66. The SMILES string of the molecule is Cc1ccc2c(c1)c(-c1ccc[nH]c1=O)c(C(=O)O)n2Cc1cc(S(=O)(=O)NC(C)(C)C)ccc1F. The zero-order valence-electron chi connectivity index (χ0n) is 20.2. The quantitative estimate of drug-likeness (QED) is 0.357. The molecule has 4 aromatic rings. The van der Waals surface area contributed by atoms with Gasteiger partial charge in [-0.2, -0.15) is 0 Å². The van der Waals surface area contributed by atoms with Gasteiger partial charge in [-0.25, -0.2) is 22.3 Å². The number of aromatic amines is 1. The Kier molecular flexibility index (Phi) is 6.36. The number of carboxylic acids is 1. The van der Waals surface area contributed by atoms with Crippen LogP contribution in [0.4, 0.5) is 4.39 Å². The number of pyridine rings is 1. The highest BCUT2D eigenvalue weighted by Crippen LogP contribution is 2.35. The van der Waals surface area contributed by atoms with Gasteiger partial charge in [-0.05, 0) is 70.2 Å². The van der Waals surface area contributed by atoms with E-state index >= 15 is 0 Å². The minimum absolute atomic E-state index is 0.0136. The first kappa shape index (κ1) is 25.3. The lowest BCUT2D eigenvalue weighted by atomic mass is 10.0. The summed E-state index contributed by atoms with van der Waals surface area (Å²) in [7, 11) is -3.96. The van der Waals surface area contributed by atoms with Crippen molar-refractivity contribution in [1.29, 1.82) is 0 Å². The molecule has 0 fully saturated rings. The van der Waals surface area contributed by atoms with E-state index < -0.39 is 32.9 Å². The van der Waals surface area contributed by atoms with Crippen LogP contribution in [-0.4, -0.2) is 34.6 Å². The summed E-state index contributed by atoms with van der Waals surface area (Å²) in [5.74, 6) is -1.99. The van der Waals surface area contributed by atoms with Gasteiger partial charge in [-0.15, -0.1) is 0 Å².